The Kier molecular flexibility index (Phi) is 2.88. The van der Waals surface area contributed by atoms with E-state index in [1.807, 2.05) is 6.92 Å². The summed E-state index contributed by atoms with van der Waals surface area (Å²) in [5.41, 5.74) is 8.69. The van der Waals surface area contributed by atoms with Crippen molar-refractivity contribution in [3.63, 3.8) is 0 Å². The van der Waals surface area contributed by atoms with Gasteiger partial charge in [0.1, 0.15) is 0 Å². The van der Waals surface area contributed by atoms with E-state index in [4.69, 9.17) is 10.3 Å². The molecule has 94 valence electrons. The third-order valence-corrected chi connectivity index (χ3v) is 3.63. The SMILES string of the molecule is CCC(N)c1noc(C2Cc3ccccc3C2)n1. The van der Waals surface area contributed by atoms with E-state index < -0.39 is 0 Å². The maximum absolute atomic E-state index is 5.91. The summed E-state index contributed by atoms with van der Waals surface area (Å²) in [6.07, 6.45) is 2.79. The molecule has 0 bridgehead atoms. The fraction of sp³-hybridized carbons (Fsp3) is 0.429. The maximum atomic E-state index is 5.91. The van der Waals surface area contributed by atoms with Crippen molar-refractivity contribution in [2.75, 3.05) is 0 Å². The molecule has 2 N–H and O–H groups in total. The van der Waals surface area contributed by atoms with Gasteiger partial charge in [0.25, 0.3) is 0 Å². The fourth-order valence-corrected chi connectivity index (χ4v) is 2.48. The number of nitrogens with zero attached hydrogens (tertiary/aromatic N) is 2. The van der Waals surface area contributed by atoms with Gasteiger partial charge in [-0.05, 0) is 30.4 Å². The summed E-state index contributed by atoms with van der Waals surface area (Å²) < 4.78 is 5.36. The largest absolute Gasteiger partial charge is 0.339 e. The van der Waals surface area contributed by atoms with Crippen molar-refractivity contribution in [2.45, 2.75) is 38.1 Å². The highest BCUT2D eigenvalue weighted by atomic mass is 16.5. The van der Waals surface area contributed by atoms with Crippen molar-refractivity contribution in [3.8, 4) is 0 Å². The summed E-state index contributed by atoms with van der Waals surface area (Å²) in [7, 11) is 0. The minimum Gasteiger partial charge on any atom is -0.339 e. The van der Waals surface area contributed by atoms with Crippen LogP contribution in [0.2, 0.25) is 0 Å². The first-order chi connectivity index (χ1) is 8.78. The van der Waals surface area contributed by atoms with Crippen LogP contribution in [0.3, 0.4) is 0 Å². The van der Waals surface area contributed by atoms with E-state index in [1.165, 1.54) is 11.1 Å². The first kappa shape index (κ1) is 11.4. The summed E-state index contributed by atoms with van der Waals surface area (Å²) in [5, 5.41) is 3.98. The molecular weight excluding hydrogens is 226 g/mol. The molecule has 1 aromatic heterocycles. The summed E-state index contributed by atoms with van der Waals surface area (Å²) >= 11 is 0. The molecule has 0 amide bonds. The van der Waals surface area contributed by atoms with E-state index in [0.29, 0.717) is 11.7 Å². The van der Waals surface area contributed by atoms with E-state index in [9.17, 15) is 0 Å². The second-order valence-corrected chi connectivity index (χ2v) is 4.88. The lowest BCUT2D eigenvalue weighted by Crippen LogP contribution is -2.10. The van der Waals surface area contributed by atoms with Crippen LogP contribution in [-0.4, -0.2) is 10.1 Å². The third-order valence-electron chi connectivity index (χ3n) is 3.63. The Balaban J connectivity index is 1.80. The van der Waals surface area contributed by atoms with E-state index in [1.54, 1.807) is 0 Å². The summed E-state index contributed by atoms with van der Waals surface area (Å²) in [6, 6.07) is 8.38. The van der Waals surface area contributed by atoms with Crippen molar-refractivity contribution < 1.29 is 4.52 Å². The number of benzene rings is 1. The Morgan fingerprint density at radius 3 is 2.61 bits per heavy atom. The first-order valence-electron chi connectivity index (χ1n) is 6.43. The van der Waals surface area contributed by atoms with Crippen molar-refractivity contribution in [1.82, 2.24) is 10.1 Å². The Labute approximate surface area is 106 Å². The highest BCUT2D eigenvalue weighted by molar-refractivity contribution is 5.34. The maximum Gasteiger partial charge on any atom is 0.230 e. The van der Waals surface area contributed by atoms with Gasteiger partial charge in [0.15, 0.2) is 5.82 Å². The summed E-state index contributed by atoms with van der Waals surface area (Å²) in [5.74, 6) is 1.67. The Morgan fingerprint density at radius 1 is 1.33 bits per heavy atom. The van der Waals surface area contributed by atoms with E-state index in [-0.39, 0.29) is 6.04 Å². The van der Waals surface area contributed by atoms with Crippen LogP contribution in [0.5, 0.6) is 0 Å². The van der Waals surface area contributed by atoms with Gasteiger partial charge in [0.05, 0.1) is 6.04 Å². The quantitative estimate of drug-likeness (QED) is 0.898. The lowest BCUT2D eigenvalue weighted by Gasteiger charge is -2.02. The van der Waals surface area contributed by atoms with Crippen LogP contribution in [-0.2, 0) is 12.8 Å². The third kappa shape index (κ3) is 1.93. The lowest BCUT2D eigenvalue weighted by atomic mass is 10.1. The van der Waals surface area contributed by atoms with Gasteiger partial charge in [-0.1, -0.05) is 36.3 Å². The molecular formula is C14H17N3O. The number of hydrogen-bond acceptors (Lipinski definition) is 4. The average Bonchev–Trinajstić information content (AvgIpc) is 3.03. The fourth-order valence-electron chi connectivity index (χ4n) is 2.48. The molecule has 1 aliphatic rings. The highest BCUT2D eigenvalue weighted by Gasteiger charge is 2.27. The molecule has 1 atom stereocenters. The number of aromatic nitrogens is 2. The Bertz CT molecular complexity index is 524. The lowest BCUT2D eigenvalue weighted by molar-refractivity contribution is 0.349. The molecule has 1 aliphatic carbocycles. The van der Waals surface area contributed by atoms with Crippen molar-refractivity contribution in [2.24, 2.45) is 5.73 Å². The van der Waals surface area contributed by atoms with Crippen molar-refractivity contribution in [3.05, 3.63) is 47.1 Å². The standard InChI is InChI=1S/C14H17N3O/c1-2-12(15)13-16-14(18-17-13)11-7-9-5-3-4-6-10(9)8-11/h3-6,11-12H,2,7-8,15H2,1H3. The van der Waals surface area contributed by atoms with Gasteiger partial charge in [0.2, 0.25) is 5.89 Å². The zero-order valence-corrected chi connectivity index (χ0v) is 10.5. The molecule has 18 heavy (non-hydrogen) atoms. The van der Waals surface area contributed by atoms with Gasteiger partial charge >= 0.3 is 0 Å². The number of hydrogen-bond donors (Lipinski definition) is 1. The minimum absolute atomic E-state index is 0.119. The minimum atomic E-state index is -0.119. The van der Waals surface area contributed by atoms with Gasteiger partial charge < -0.3 is 10.3 Å². The highest BCUT2D eigenvalue weighted by Crippen LogP contribution is 2.33. The van der Waals surface area contributed by atoms with Gasteiger partial charge in [-0.3, -0.25) is 0 Å². The summed E-state index contributed by atoms with van der Waals surface area (Å²) in [4.78, 5) is 4.44. The van der Waals surface area contributed by atoms with Crippen LogP contribution in [0.4, 0.5) is 0 Å². The van der Waals surface area contributed by atoms with Crippen LogP contribution in [0.15, 0.2) is 28.8 Å². The van der Waals surface area contributed by atoms with E-state index >= 15 is 0 Å². The van der Waals surface area contributed by atoms with Gasteiger partial charge in [-0.25, -0.2) is 0 Å². The molecule has 3 rings (SSSR count). The van der Waals surface area contributed by atoms with E-state index in [2.05, 4.69) is 34.4 Å². The molecule has 0 saturated heterocycles. The first-order valence-corrected chi connectivity index (χ1v) is 6.43. The van der Waals surface area contributed by atoms with E-state index in [0.717, 1.165) is 25.2 Å². The molecule has 0 saturated carbocycles. The van der Waals surface area contributed by atoms with Crippen molar-refractivity contribution >= 4 is 0 Å². The topological polar surface area (TPSA) is 64.9 Å². The molecule has 4 nitrogen and oxygen atoms in total. The van der Waals surface area contributed by atoms with Gasteiger partial charge in [0, 0.05) is 5.92 Å². The van der Waals surface area contributed by atoms with Crippen LogP contribution >= 0.6 is 0 Å². The summed E-state index contributed by atoms with van der Waals surface area (Å²) in [6.45, 7) is 2.02. The number of rotatable bonds is 3. The molecule has 0 aliphatic heterocycles. The second-order valence-electron chi connectivity index (χ2n) is 4.88. The monoisotopic (exact) mass is 243 g/mol. The molecule has 0 spiro atoms. The van der Waals surface area contributed by atoms with Crippen LogP contribution in [0.1, 0.15) is 48.1 Å². The molecule has 0 fully saturated rings. The van der Waals surface area contributed by atoms with Crippen LogP contribution in [0, 0.1) is 0 Å². The Morgan fingerprint density at radius 2 is 2.00 bits per heavy atom. The molecule has 1 unspecified atom stereocenters. The molecule has 1 aromatic carbocycles. The molecule has 4 heteroatoms. The molecule has 2 aromatic rings. The van der Waals surface area contributed by atoms with Crippen molar-refractivity contribution in [1.29, 1.82) is 0 Å². The van der Waals surface area contributed by atoms with Crippen LogP contribution < -0.4 is 5.73 Å². The zero-order valence-electron chi connectivity index (χ0n) is 10.5. The predicted molar refractivity (Wildman–Crippen MR) is 68.1 cm³/mol. The normalized spacial score (nSPS) is 16.8. The smallest absolute Gasteiger partial charge is 0.230 e. The molecule has 1 heterocycles. The zero-order chi connectivity index (χ0) is 12.5. The average molecular weight is 243 g/mol. The van der Waals surface area contributed by atoms with Gasteiger partial charge in [-0.2, -0.15) is 4.98 Å². The number of nitrogens with two attached hydrogens (primary N) is 1. The molecule has 0 radical (unpaired) electrons. The predicted octanol–water partition coefficient (Wildman–Crippen LogP) is 2.36. The number of fused-ring (bicyclic) bond motifs is 1. The second kappa shape index (κ2) is 4.53. The van der Waals surface area contributed by atoms with Crippen LogP contribution in [0.25, 0.3) is 0 Å². The van der Waals surface area contributed by atoms with Gasteiger partial charge in [-0.15, -0.1) is 0 Å². The Hall–Kier alpha value is -1.68.